The fraction of sp³-hybridized carbons (Fsp3) is 0.929. The van der Waals surface area contributed by atoms with Gasteiger partial charge in [-0.15, -0.1) is 0 Å². The van der Waals surface area contributed by atoms with Crippen LogP contribution in [-0.4, -0.2) is 116 Å². The van der Waals surface area contributed by atoms with Crippen LogP contribution >= 0.6 is 0 Å². The Kier molecular flexibility index (Phi) is 10.6. The lowest BCUT2D eigenvalue weighted by Gasteiger charge is -2.73. The molecule has 0 aromatic rings. The summed E-state index contributed by atoms with van der Waals surface area (Å²) in [4.78, 5) is 13.1. The number of aliphatic carboxylic acids is 1. The first kappa shape index (κ1) is 41.0. The van der Waals surface area contributed by atoms with Gasteiger partial charge in [-0.3, -0.25) is 4.79 Å². The predicted octanol–water partition coefficient (Wildman–Crippen LogP) is 3.77. The number of fused-ring (bicyclic) bond motifs is 7. The van der Waals surface area contributed by atoms with Gasteiger partial charge in [0.1, 0.15) is 42.7 Å². The first-order valence-corrected chi connectivity index (χ1v) is 20.7. The number of aliphatic hydroxyl groups is 6. The predicted molar refractivity (Wildman–Crippen MR) is 196 cm³/mol. The SMILES string of the molecule is C=C(C)[C@@H]1CC[C@]2(C(=O)O)CC[C@]3(C)[C@H](CC[C@@H]4[C@@]5(C)CC[C@H](O[C@@H]6O[C@@H](C)[C@H](O)[C@@H](O)[C@H]6O[C@@H]6O[C@H](CO)[C@@H](O)[C@H](O)[C@H]6O)C(C)(C)[C@@H]5CC[C@]43C)[C@@H]12. The van der Waals surface area contributed by atoms with Gasteiger partial charge in [0.05, 0.1) is 24.2 Å². The molecule has 2 saturated heterocycles. The van der Waals surface area contributed by atoms with E-state index >= 15 is 0 Å². The minimum Gasteiger partial charge on any atom is -0.481 e. The van der Waals surface area contributed by atoms with Crippen molar-refractivity contribution >= 4 is 5.97 Å². The fourth-order valence-corrected chi connectivity index (χ4v) is 14.5. The van der Waals surface area contributed by atoms with Crippen molar-refractivity contribution in [3.63, 3.8) is 0 Å². The summed E-state index contributed by atoms with van der Waals surface area (Å²) < 4.78 is 24.6. The Labute approximate surface area is 320 Å². The highest BCUT2D eigenvalue weighted by molar-refractivity contribution is 5.76. The van der Waals surface area contributed by atoms with Gasteiger partial charge in [0.25, 0.3) is 0 Å². The Balaban J connectivity index is 1.13. The molecule has 5 aliphatic carbocycles. The fourth-order valence-electron chi connectivity index (χ4n) is 14.5. The average molecular weight is 765 g/mol. The highest BCUT2D eigenvalue weighted by Gasteiger charge is 2.72. The topological polar surface area (TPSA) is 196 Å². The van der Waals surface area contributed by atoms with Crippen LogP contribution in [0.15, 0.2) is 12.2 Å². The maximum atomic E-state index is 13.1. The van der Waals surface area contributed by atoms with Crippen LogP contribution in [0.3, 0.4) is 0 Å². The van der Waals surface area contributed by atoms with Crippen LogP contribution in [0.1, 0.15) is 113 Å². The highest BCUT2D eigenvalue weighted by atomic mass is 16.8. The zero-order valence-electron chi connectivity index (χ0n) is 33.4. The van der Waals surface area contributed by atoms with E-state index in [1.165, 1.54) is 0 Å². The van der Waals surface area contributed by atoms with Gasteiger partial charge in [-0.25, -0.2) is 0 Å². The van der Waals surface area contributed by atoms with E-state index < -0.39 is 79.4 Å². The molecule has 0 aromatic heterocycles. The third kappa shape index (κ3) is 5.77. The molecule has 12 heteroatoms. The summed E-state index contributed by atoms with van der Waals surface area (Å²) in [5.74, 6) is 0.869. The minimum atomic E-state index is -1.70. The summed E-state index contributed by atoms with van der Waals surface area (Å²) in [6.45, 7) is 19.5. The van der Waals surface area contributed by atoms with Gasteiger partial charge in [-0.2, -0.15) is 0 Å². The third-order valence-corrected chi connectivity index (χ3v) is 17.7. The molecule has 12 nitrogen and oxygen atoms in total. The van der Waals surface area contributed by atoms with E-state index in [0.29, 0.717) is 17.8 Å². The molecule has 2 aliphatic heterocycles. The lowest BCUT2D eigenvalue weighted by atomic mass is 9.32. The molecule has 0 aromatic carbocycles. The van der Waals surface area contributed by atoms with Gasteiger partial charge in [0.2, 0.25) is 0 Å². The van der Waals surface area contributed by atoms with Crippen molar-refractivity contribution in [2.24, 2.45) is 56.7 Å². The second-order valence-corrected chi connectivity index (χ2v) is 20.1. The molecular weight excluding hydrogens is 696 g/mol. The van der Waals surface area contributed by atoms with Gasteiger partial charge >= 0.3 is 5.97 Å². The van der Waals surface area contributed by atoms with Crippen molar-refractivity contribution in [1.82, 2.24) is 0 Å². The normalized spacial score (nSPS) is 55.5. The van der Waals surface area contributed by atoms with E-state index in [0.717, 1.165) is 69.8 Å². The van der Waals surface area contributed by atoms with Crippen LogP contribution in [0.5, 0.6) is 0 Å². The molecule has 0 radical (unpaired) electrons. The Morgan fingerprint density at radius 3 is 2.09 bits per heavy atom. The molecule has 308 valence electrons. The summed E-state index contributed by atoms with van der Waals surface area (Å²) in [7, 11) is 0. The van der Waals surface area contributed by atoms with Crippen LogP contribution in [0.25, 0.3) is 0 Å². The Bertz CT molecular complexity index is 1440. The third-order valence-electron chi connectivity index (χ3n) is 17.7. The minimum absolute atomic E-state index is 0.0117. The number of carboxylic acid groups (broad SMARTS) is 1. The van der Waals surface area contributed by atoms with Crippen molar-refractivity contribution in [3.8, 4) is 0 Å². The molecule has 5 saturated carbocycles. The summed E-state index contributed by atoms with van der Waals surface area (Å²) >= 11 is 0. The van der Waals surface area contributed by atoms with Gasteiger partial charge in [0, 0.05) is 0 Å². The average Bonchev–Trinajstić information content (AvgIpc) is 3.52. The maximum Gasteiger partial charge on any atom is 0.309 e. The molecule has 20 atom stereocenters. The van der Waals surface area contributed by atoms with Crippen LogP contribution in [0.2, 0.25) is 0 Å². The maximum absolute atomic E-state index is 13.1. The zero-order valence-corrected chi connectivity index (χ0v) is 33.4. The van der Waals surface area contributed by atoms with Crippen molar-refractivity contribution < 1.29 is 59.5 Å². The van der Waals surface area contributed by atoms with E-state index in [1.807, 2.05) is 0 Å². The summed E-state index contributed by atoms with van der Waals surface area (Å²) in [6.07, 6.45) is -4.88. The number of aliphatic hydroxyl groups excluding tert-OH is 6. The lowest BCUT2D eigenvalue weighted by Crippen LogP contribution is -2.68. The summed E-state index contributed by atoms with van der Waals surface area (Å²) in [5, 5.41) is 74.0. The van der Waals surface area contributed by atoms with Gasteiger partial charge in [-0.1, -0.05) is 46.8 Å². The number of carboxylic acids is 1. The number of carbonyl (C=O) groups is 1. The van der Waals surface area contributed by atoms with Crippen LogP contribution < -0.4 is 0 Å². The monoisotopic (exact) mass is 764 g/mol. The molecule has 2 heterocycles. The lowest BCUT2D eigenvalue weighted by molar-refractivity contribution is -0.376. The first-order valence-electron chi connectivity index (χ1n) is 20.7. The molecule has 0 bridgehead atoms. The molecule has 7 aliphatic rings. The molecule has 0 spiro atoms. The van der Waals surface area contributed by atoms with Crippen LogP contribution in [0, 0.1) is 56.7 Å². The second kappa shape index (κ2) is 14.0. The van der Waals surface area contributed by atoms with Gasteiger partial charge in [0.15, 0.2) is 12.6 Å². The zero-order chi connectivity index (χ0) is 39.5. The Morgan fingerprint density at radius 1 is 0.741 bits per heavy atom. The number of rotatable bonds is 7. The number of allylic oxidation sites excluding steroid dienone is 1. The first-order chi connectivity index (χ1) is 25.2. The van der Waals surface area contributed by atoms with Crippen LogP contribution in [0.4, 0.5) is 0 Å². The van der Waals surface area contributed by atoms with Gasteiger partial charge in [-0.05, 0) is 129 Å². The smallest absolute Gasteiger partial charge is 0.309 e. The molecule has 54 heavy (non-hydrogen) atoms. The highest BCUT2D eigenvalue weighted by Crippen LogP contribution is 2.77. The molecule has 0 unspecified atom stereocenters. The number of hydrogen-bond acceptors (Lipinski definition) is 11. The number of ether oxygens (including phenoxy) is 4. The standard InChI is InChI=1S/C42H68O12/c1-20(2)22-11-16-42(37(49)50)18-17-40(7)23(28(22)42)9-10-26-39(6)14-13-27(38(4,5)25(39)12-15-41(26,40)8)53-36-34(32(47)29(44)21(3)51-36)54-35-33(48)31(46)30(45)24(19-43)52-35/h21-36,43-48H,1,9-19H2,2-8H3,(H,49,50)/t21-,22-,23+,24+,25-,26+,27-,28+,29-,30+,31-,32+,33+,34+,35-,36-,39-,40+,41+,42-/m0/s1. The quantitative estimate of drug-likeness (QED) is 0.147. The molecule has 7 rings (SSSR count). The van der Waals surface area contributed by atoms with Crippen molar-refractivity contribution in [2.75, 3.05) is 6.61 Å². The second-order valence-electron chi connectivity index (χ2n) is 20.1. The largest absolute Gasteiger partial charge is 0.481 e. The molecule has 7 fully saturated rings. The van der Waals surface area contributed by atoms with Crippen molar-refractivity contribution in [3.05, 3.63) is 12.2 Å². The Morgan fingerprint density at radius 2 is 1.44 bits per heavy atom. The Hall–Kier alpha value is -1.19. The van der Waals surface area contributed by atoms with Crippen LogP contribution in [-0.2, 0) is 23.7 Å². The van der Waals surface area contributed by atoms with E-state index in [2.05, 4.69) is 48.1 Å². The number of hydrogen-bond donors (Lipinski definition) is 7. The van der Waals surface area contributed by atoms with E-state index in [1.54, 1.807) is 6.92 Å². The molecule has 7 N–H and O–H groups in total. The molecular formula is C42H68O12. The van der Waals surface area contributed by atoms with E-state index in [4.69, 9.17) is 18.9 Å². The van der Waals surface area contributed by atoms with Crippen molar-refractivity contribution in [2.45, 2.75) is 180 Å². The van der Waals surface area contributed by atoms with E-state index in [-0.39, 0.29) is 39.6 Å². The van der Waals surface area contributed by atoms with Gasteiger partial charge < -0.3 is 54.7 Å². The van der Waals surface area contributed by atoms with E-state index in [9.17, 15) is 40.5 Å². The molecule has 0 amide bonds. The van der Waals surface area contributed by atoms with Crippen molar-refractivity contribution in [1.29, 1.82) is 0 Å². The summed E-state index contributed by atoms with van der Waals surface area (Å²) in [5.41, 5.74) is 0.231. The summed E-state index contributed by atoms with van der Waals surface area (Å²) in [6, 6.07) is 0.